The maximum atomic E-state index is 12.3. The molecule has 25 heavy (non-hydrogen) atoms. The molecule has 136 valence electrons. The number of primary sulfonamides is 1. The van der Waals surface area contributed by atoms with Crippen LogP contribution in [0.2, 0.25) is 15.1 Å². The van der Waals surface area contributed by atoms with E-state index in [4.69, 9.17) is 39.9 Å². The summed E-state index contributed by atoms with van der Waals surface area (Å²) in [6, 6.07) is 8.45. The molecule has 2 aromatic carbocycles. The zero-order chi connectivity index (χ0) is 18.8. The Hall–Kier alpha value is -1.03. The van der Waals surface area contributed by atoms with E-state index in [0.29, 0.717) is 15.6 Å². The molecule has 0 amide bonds. The van der Waals surface area contributed by atoms with E-state index in [1.165, 1.54) is 12.1 Å². The number of aryl methyl sites for hydroxylation is 1. The Morgan fingerprint density at radius 2 is 1.60 bits per heavy atom. The van der Waals surface area contributed by atoms with Crippen LogP contribution in [0.5, 0.6) is 0 Å². The molecule has 0 heterocycles. The van der Waals surface area contributed by atoms with Crippen LogP contribution in [0, 0.1) is 0 Å². The SMILES string of the molecule is NS(=O)(=O)c1cc(Cl)ccc1NS(=O)(=O)CCc1ccc(Cl)c(Cl)c1. The largest absolute Gasteiger partial charge is 0.282 e. The minimum Gasteiger partial charge on any atom is -0.282 e. The predicted octanol–water partition coefficient (Wildman–Crippen LogP) is 3.28. The second kappa shape index (κ2) is 7.69. The van der Waals surface area contributed by atoms with Gasteiger partial charge in [0.25, 0.3) is 0 Å². The number of halogens is 3. The monoisotopic (exact) mass is 442 g/mol. The molecule has 0 aromatic heterocycles. The number of nitrogens with two attached hydrogens (primary N) is 1. The smallest absolute Gasteiger partial charge is 0.240 e. The number of nitrogens with one attached hydrogen (secondary N) is 1. The highest BCUT2D eigenvalue weighted by Gasteiger charge is 2.19. The maximum absolute atomic E-state index is 12.3. The molecule has 3 N–H and O–H groups in total. The summed E-state index contributed by atoms with van der Waals surface area (Å²) in [7, 11) is -7.99. The highest BCUT2D eigenvalue weighted by molar-refractivity contribution is 7.93. The Kier molecular flexibility index (Phi) is 6.24. The molecule has 0 atom stereocenters. The lowest BCUT2D eigenvalue weighted by Gasteiger charge is -2.12. The topological polar surface area (TPSA) is 106 Å². The van der Waals surface area contributed by atoms with Crippen LogP contribution in [0.15, 0.2) is 41.3 Å². The van der Waals surface area contributed by atoms with Crippen LogP contribution in [0.1, 0.15) is 5.56 Å². The lowest BCUT2D eigenvalue weighted by Crippen LogP contribution is -2.21. The van der Waals surface area contributed by atoms with E-state index >= 15 is 0 Å². The van der Waals surface area contributed by atoms with Crippen molar-refractivity contribution in [3.8, 4) is 0 Å². The average Bonchev–Trinajstić information content (AvgIpc) is 2.49. The van der Waals surface area contributed by atoms with Crippen molar-refractivity contribution in [3.63, 3.8) is 0 Å². The first-order valence-electron chi connectivity index (χ1n) is 6.75. The third-order valence-electron chi connectivity index (χ3n) is 3.16. The van der Waals surface area contributed by atoms with E-state index < -0.39 is 24.9 Å². The van der Waals surface area contributed by atoms with Gasteiger partial charge in [0.15, 0.2) is 0 Å². The molecular formula is C14H13Cl3N2O4S2. The second-order valence-corrected chi connectivity index (χ2v) is 9.73. The third-order valence-corrected chi connectivity index (χ3v) is 6.36. The molecule has 0 aliphatic heterocycles. The van der Waals surface area contributed by atoms with Crippen LogP contribution >= 0.6 is 34.8 Å². The van der Waals surface area contributed by atoms with Crippen LogP contribution in [0.25, 0.3) is 0 Å². The van der Waals surface area contributed by atoms with Crippen LogP contribution < -0.4 is 9.86 Å². The van der Waals surface area contributed by atoms with E-state index in [2.05, 4.69) is 4.72 Å². The molecule has 0 saturated heterocycles. The molecule has 0 bridgehead atoms. The van der Waals surface area contributed by atoms with Gasteiger partial charge >= 0.3 is 0 Å². The first kappa shape index (κ1) is 20.3. The molecule has 0 aliphatic rings. The van der Waals surface area contributed by atoms with Gasteiger partial charge in [-0.3, -0.25) is 4.72 Å². The van der Waals surface area contributed by atoms with Crippen LogP contribution in [0.3, 0.4) is 0 Å². The zero-order valence-corrected chi connectivity index (χ0v) is 16.4. The normalized spacial score (nSPS) is 12.2. The molecule has 2 aromatic rings. The van der Waals surface area contributed by atoms with E-state index in [1.807, 2.05) is 0 Å². The van der Waals surface area contributed by atoms with Gasteiger partial charge in [-0.2, -0.15) is 0 Å². The maximum Gasteiger partial charge on any atom is 0.240 e. The van der Waals surface area contributed by atoms with Gasteiger partial charge in [-0.25, -0.2) is 22.0 Å². The number of anilines is 1. The summed E-state index contributed by atoms with van der Waals surface area (Å²) in [5.74, 6) is -0.294. The molecule has 0 aliphatic carbocycles. The Labute approximate surface area is 161 Å². The molecule has 2 rings (SSSR count). The molecule has 0 unspecified atom stereocenters. The van der Waals surface area contributed by atoms with E-state index in [9.17, 15) is 16.8 Å². The molecule has 0 fully saturated rings. The Morgan fingerprint density at radius 1 is 0.920 bits per heavy atom. The summed E-state index contributed by atoms with van der Waals surface area (Å²) < 4.78 is 49.9. The fraction of sp³-hybridized carbons (Fsp3) is 0.143. The number of hydrogen-bond acceptors (Lipinski definition) is 4. The van der Waals surface area contributed by atoms with Gasteiger partial charge in [0.2, 0.25) is 20.0 Å². The van der Waals surface area contributed by atoms with Crippen molar-refractivity contribution < 1.29 is 16.8 Å². The second-order valence-electron chi connectivity index (χ2n) is 5.10. The highest BCUT2D eigenvalue weighted by Crippen LogP contribution is 2.26. The van der Waals surface area contributed by atoms with Crippen molar-refractivity contribution in [2.75, 3.05) is 10.5 Å². The summed E-state index contributed by atoms with van der Waals surface area (Å²) in [6.45, 7) is 0. The van der Waals surface area contributed by atoms with E-state index in [-0.39, 0.29) is 22.9 Å². The number of hydrogen-bond donors (Lipinski definition) is 2. The quantitative estimate of drug-likeness (QED) is 0.714. The fourth-order valence-electron chi connectivity index (χ4n) is 1.98. The molecule has 11 heteroatoms. The van der Waals surface area contributed by atoms with Gasteiger partial charge in [-0.15, -0.1) is 0 Å². The number of sulfonamides is 2. The molecule has 0 spiro atoms. The van der Waals surface area contributed by atoms with Crippen LogP contribution in [0.4, 0.5) is 5.69 Å². The van der Waals surface area contributed by atoms with E-state index in [1.54, 1.807) is 18.2 Å². The summed E-state index contributed by atoms with van der Waals surface area (Å²) in [6.07, 6.45) is 0.157. The lowest BCUT2D eigenvalue weighted by molar-refractivity contribution is 0.598. The summed E-state index contributed by atoms with van der Waals surface area (Å²) in [4.78, 5) is -0.405. The highest BCUT2D eigenvalue weighted by atomic mass is 35.5. The van der Waals surface area contributed by atoms with Crippen LogP contribution in [-0.2, 0) is 26.5 Å². The van der Waals surface area contributed by atoms with Gasteiger partial charge in [0.05, 0.1) is 21.5 Å². The zero-order valence-electron chi connectivity index (χ0n) is 12.5. The summed E-state index contributed by atoms with van der Waals surface area (Å²) in [5, 5.41) is 5.89. The lowest BCUT2D eigenvalue weighted by atomic mass is 10.2. The minimum atomic E-state index is -4.15. The third kappa shape index (κ3) is 5.73. The van der Waals surface area contributed by atoms with Crippen molar-refractivity contribution >= 4 is 60.5 Å². The molecule has 6 nitrogen and oxygen atoms in total. The minimum absolute atomic E-state index is 0.114. The van der Waals surface area contributed by atoms with Crippen molar-refractivity contribution in [1.29, 1.82) is 0 Å². The summed E-state index contributed by atoms with van der Waals surface area (Å²) in [5.41, 5.74) is 0.503. The van der Waals surface area contributed by atoms with Crippen LogP contribution in [-0.4, -0.2) is 22.6 Å². The Morgan fingerprint density at radius 3 is 2.20 bits per heavy atom. The summed E-state index contributed by atoms with van der Waals surface area (Å²) >= 11 is 17.4. The van der Waals surface area contributed by atoms with Crippen molar-refractivity contribution in [2.45, 2.75) is 11.3 Å². The number of rotatable bonds is 6. The van der Waals surface area contributed by atoms with Crippen molar-refractivity contribution in [3.05, 3.63) is 57.0 Å². The van der Waals surface area contributed by atoms with Gasteiger partial charge in [-0.05, 0) is 42.3 Å². The van der Waals surface area contributed by atoms with Crippen molar-refractivity contribution in [1.82, 2.24) is 0 Å². The van der Waals surface area contributed by atoms with Gasteiger partial charge in [0.1, 0.15) is 4.90 Å². The molecule has 0 radical (unpaired) electrons. The average molecular weight is 444 g/mol. The standard InChI is InChI=1S/C14H13Cl3N2O4S2/c15-10-2-4-13(14(8-10)25(18,22)23)19-24(20,21)6-5-9-1-3-11(16)12(17)7-9/h1-4,7-8,19H,5-6H2,(H2,18,22,23). The first-order valence-corrected chi connectivity index (χ1v) is 11.1. The van der Waals surface area contributed by atoms with Gasteiger partial charge in [0, 0.05) is 5.02 Å². The predicted molar refractivity (Wildman–Crippen MR) is 100 cm³/mol. The first-order chi connectivity index (χ1) is 11.5. The van der Waals surface area contributed by atoms with Crippen molar-refractivity contribution in [2.24, 2.45) is 5.14 Å². The molecular weight excluding hydrogens is 431 g/mol. The number of benzene rings is 2. The Bertz CT molecular complexity index is 1010. The fourth-order valence-corrected chi connectivity index (χ4v) is 4.44. The van der Waals surface area contributed by atoms with Gasteiger partial charge < -0.3 is 0 Å². The molecule has 0 saturated carbocycles. The van der Waals surface area contributed by atoms with E-state index in [0.717, 1.165) is 6.07 Å². The Balaban J connectivity index is 2.20. The van der Waals surface area contributed by atoms with Gasteiger partial charge in [-0.1, -0.05) is 40.9 Å².